The zero-order valence-corrected chi connectivity index (χ0v) is 11.4. The number of hydrogen-bond donors (Lipinski definition) is 0. The van der Waals surface area contributed by atoms with Gasteiger partial charge in [-0.25, -0.2) is 8.78 Å². The van der Waals surface area contributed by atoms with Crippen molar-refractivity contribution < 1.29 is 8.78 Å². The van der Waals surface area contributed by atoms with Crippen molar-refractivity contribution in [3.63, 3.8) is 0 Å². The first-order valence-electron chi connectivity index (χ1n) is 5.99. The van der Waals surface area contributed by atoms with Crippen molar-refractivity contribution in [1.29, 1.82) is 0 Å². The molecule has 3 rings (SSSR count). The van der Waals surface area contributed by atoms with Gasteiger partial charge in [0.15, 0.2) is 0 Å². The lowest BCUT2D eigenvalue weighted by atomic mass is 10.1. The molecule has 0 N–H and O–H groups in total. The van der Waals surface area contributed by atoms with Gasteiger partial charge in [0.25, 0.3) is 0 Å². The topological polar surface area (TPSA) is 25.8 Å². The molecule has 0 unspecified atom stereocenters. The van der Waals surface area contributed by atoms with Gasteiger partial charge in [-0.3, -0.25) is 0 Å². The molecule has 0 spiro atoms. The molecule has 0 bridgehead atoms. The molecular weight excluding hydrogens is 278 g/mol. The zero-order valence-electron chi connectivity index (χ0n) is 10.6. The third-order valence-electron chi connectivity index (χ3n) is 2.92. The first-order valence-corrected chi connectivity index (χ1v) is 6.81. The molecule has 0 atom stereocenters. The highest BCUT2D eigenvalue weighted by atomic mass is 32.1. The van der Waals surface area contributed by atoms with Gasteiger partial charge in [-0.05, 0) is 30.7 Å². The smallest absolute Gasteiger partial charge is 0.148 e. The van der Waals surface area contributed by atoms with E-state index in [2.05, 4.69) is 10.2 Å². The van der Waals surface area contributed by atoms with Gasteiger partial charge in [0.2, 0.25) is 0 Å². The number of rotatable bonds is 2. The Balaban J connectivity index is 1.99. The minimum atomic E-state index is -0.319. The minimum Gasteiger partial charge on any atom is -0.207 e. The van der Waals surface area contributed by atoms with Crippen molar-refractivity contribution in [2.45, 2.75) is 6.92 Å². The summed E-state index contributed by atoms with van der Waals surface area (Å²) in [4.78, 5) is 0. The number of benzene rings is 2. The first-order chi connectivity index (χ1) is 9.63. The molecule has 0 aliphatic rings. The summed E-state index contributed by atoms with van der Waals surface area (Å²) >= 11 is 1.31. The van der Waals surface area contributed by atoms with E-state index in [1.807, 2.05) is 0 Å². The van der Waals surface area contributed by atoms with Crippen LogP contribution in [-0.2, 0) is 0 Å². The Morgan fingerprint density at radius 3 is 2.25 bits per heavy atom. The van der Waals surface area contributed by atoms with Gasteiger partial charge < -0.3 is 0 Å². The molecule has 3 aromatic rings. The highest BCUT2D eigenvalue weighted by Crippen LogP contribution is 2.30. The van der Waals surface area contributed by atoms with Crippen molar-refractivity contribution in [2.75, 3.05) is 0 Å². The van der Waals surface area contributed by atoms with Crippen LogP contribution in [0.25, 0.3) is 21.1 Å². The van der Waals surface area contributed by atoms with E-state index in [-0.39, 0.29) is 11.6 Å². The molecule has 0 radical (unpaired) electrons. The van der Waals surface area contributed by atoms with Crippen LogP contribution in [0.3, 0.4) is 0 Å². The normalized spacial score (nSPS) is 10.8. The Kier molecular flexibility index (Phi) is 3.28. The van der Waals surface area contributed by atoms with Crippen LogP contribution in [-0.4, -0.2) is 10.2 Å². The molecule has 0 aliphatic carbocycles. The van der Waals surface area contributed by atoms with Gasteiger partial charge in [-0.1, -0.05) is 35.6 Å². The monoisotopic (exact) mass is 288 g/mol. The predicted octanol–water partition coefficient (Wildman–Crippen LogP) is 4.46. The van der Waals surface area contributed by atoms with Gasteiger partial charge in [0, 0.05) is 11.1 Å². The third kappa shape index (κ3) is 2.44. The first kappa shape index (κ1) is 12.9. The number of hydrogen-bond acceptors (Lipinski definition) is 3. The highest BCUT2D eigenvalue weighted by molar-refractivity contribution is 7.17. The van der Waals surface area contributed by atoms with Crippen molar-refractivity contribution in [1.82, 2.24) is 10.2 Å². The van der Waals surface area contributed by atoms with Crippen LogP contribution in [0.15, 0.2) is 42.5 Å². The predicted molar refractivity (Wildman–Crippen MR) is 75.4 cm³/mol. The fraction of sp³-hybridized carbons (Fsp3) is 0.0667. The molecule has 1 heterocycles. The van der Waals surface area contributed by atoms with E-state index >= 15 is 0 Å². The van der Waals surface area contributed by atoms with Crippen LogP contribution in [0.4, 0.5) is 8.78 Å². The maximum Gasteiger partial charge on any atom is 0.148 e. The summed E-state index contributed by atoms with van der Waals surface area (Å²) in [6.45, 7) is 1.71. The molecule has 1 aromatic heterocycles. The summed E-state index contributed by atoms with van der Waals surface area (Å²) in [6.07, 6.45) is 0. The molecule has 0 amide bonds. The largest absolute Gasteiger partial charge is 0.207 e. The van der Waals surface area contributed by atoms with E-state index in [4.69, 9.17) is 0 Å². The Bertz CT molecular complexity index is 768. The number of halogens is 2. The molecule has 0 fully saturated rings. The molecule has 5 heteroatoms. The summed E-state index contributed by atoms with van der Waals surface area (Å²) in [5.74, 6) is -0.592. The lowest BCUT2D eigenvalue weighted by Gasteiger charge is -1.98. The second kappa shape index (κ2) is 5.09. The van der Waals surface area contributed by atoms with E-state index in [0.717, 1.165) is 0 Å². The third-order valence-corrected chi connectivity index (χ3v) is 3.94. The van der Waals surface area contributed by atoms with Gasteiger partial charge in [-0.2, -0.15) is 0 Å². The Labute approximate surface area is 118 Å². The summed E-state index contributed by atoms with van der Waals surface area (Å²) in [5.41, 5.74) is 1.93. The molecular formula is C15H10F2N2S. The Hall–Kier alpha value is -2.14. The van der Waals surface area contributed by atoms with Crippen LogP contribution in [0.1, 0.15) is 5.56 Å². The Morgan fingerprint density at radius 2 is 1.60 bits per heavy atom. The van der Waals surface area contributed by atoms with E-state index in [0.29, 0.717) is 26.7 Å². The second-order valence-electron chi connectivity index (χ2n) is 4.39. The summed E-state index contributed by atoms with van der Waals surface area (Å²) in [5, 5.41) is 9.30. The average molecular weight is 288 g/mol. The van der Waals surface area contributed by atoms with Gasteiger partial charge in [0.05, 0.1) is 0 Å². The molecule has 0 saturated heterocycles. The Morgan fingerprint density at radius 1 is 0.900 bits per heavy atom. The van der Waals surface area contributed by atoms with Crippen molar-refractivity contribution in [3.8, 4) is 21.1 Å². The second-order valence-corrected chi connectivity index (χ2v) is 5.36. The number of nitrogens with zero attached hydrogens (tertiary/aromatic N) is 2. The molecule has 0 aliphatic heterocycles. The minimum absolute atomic E-state index is 0.273. The average Bonchev–Trinajstić information content (AvgIpc) is 2.92. The summed E-state index contributed by atoms with van der Waals surface area (Å²) in [7, 11) is 0. The van der Waals surface area contributed by atoms with Crippen LogP contribution in [0, 0.1) is 18.6 Å². The van der Waals surface area contributed by atoms with Crippen LogP contribution in [0.5, 0.6) is 0 Å². The lowest BCUT2D eigenvalue weighted by Crippen LogP contribution is -1.83. The maximum atomic E-state index is 13.6. The van der Waals surface area contributed by atoms with Crippen molar-refractivity contribution >= 4 is 11.3 Å². The van der Waals surface area contributed by atoms with E-state index in [1.54, 1.807) is 31.2 Å². The van der Waals surface area contributed by atoms with Crippen molar-refractivity contribution in [3.05, 3.63) is 59.7 Å². The molecule has 2 nitrogen and oxygen atoms in total. The maximum absolute atomic E-state index is 13.6. The number of aromatic nitrogens is 2. The zero-order chi connectivity index (χ0) is 14.1. The molecule has 2 aromatic carbocycles. The fourth-order valence-corrected chi connectivity index (χ4v) is 2.64. The number of aryl methyl sites for hydroxylation is 1. The summed E-state index contributed by atoms with van der Waals surface area (Å²) in [6, 6.07) is 11.1. The van der Waals surface area contributed by atoms with Crippen molar-refractivity contribution in [2.24, 2.45) is 0 Å². The van der Waals surface area contributed by atoms with Gasteiger partial charge in [0.1, 0.15) is 21.6 Å². The van der Waals surface area contributed by atoms with Crippen LogP contribution >= 0.6 is 11.3 Å². The van der Waals surface area contributed by atoms with E-state index in [1.165, 1.54) is 29.5 Å². The van der Waals surface area contributed by atoms with Gasteiger partial charge >= 0.3 is 0 Å². The fourth-order valence-electron chi connectivity index (χ4n) is 1.80. The molecule has 100 valence electrons. The van der Waals surface area contributed by atoms with Crippen LogP contribution in [0.2, 0.25) is 0 Å². The summed E-state index contributed by atoms with van der Waals surface area (Å²) < 4.78 is 26.7. The quantitative estimate of drug-likeness (QED) is 0.696. The van der Waals surface area contributed by atoms with E-state index in [9.17, 15) is 8.78 Å². The SMILES string of the molecule is Cc1ccc(-c2nnc(-c3cccc(F)c3)s2)cc1F. The highest BCUT2D eigenvalue weighted by Gasteiger charge is 2.10. The van der Waals surface area contributed by atoms with Crippen LogP contribution < -0.4 is 0 Å². The molecule has 0 saturated carbocycles. The van der Waals surface area contributed by atoms with E-state index < -0.39 is 0 Å². The standard InChI is InChI=1S/C15H10F2N2S/c1-9-5-6-11(8-13(9)17)15-19-18-14(20-15)10-3-2-4-12(16)7-10/h2-8H,1H3. The lowest BCUT2D eigenvalue weighted by molar-refractivity contribution is 0.619. The molecule has 20 heavy (non-hydrogen) atoms. The van der Waals surface area contributed by atoms with Gasteiger partial charge in [-0.15, -0.1) is 10.2 Å².